The van der Waals surface area contributed by atoms with Gasteiger partial charge in [-0.15, -0.1) is 0 Å². The van der Waals surface area contributed by atoms with E-state index in [9.17, 15) is 9.59 Å². The molecule has 168 valence electrons. The van der Waals surface area contributed by atoms with Crippen molar-refractivity contribution in [2.45, 2.75) is 32.2 Å². The molecular weight excluding hydrogens is 546 g/mol. The molecule has 5 nitrogen and oxygen atoms in total. The first-order chi connectivity index (χ1) is 15.9. The lowest BCUT2D eigenvalue weighted by Crippen LogP contribution is -2.28. The van der Waals surface area contributed by atoms with Crippen LogP contribution in [0, 0.1) is 6.92 Å². The number of halogens is 2. The van der Waals surface area contributed by atoms with Crippen LogP contribution in [0.3, 0.4) is 0 Å². The molecule has 7 heteroatoms. The summed E-state index contributed by atoms with van der Waals surface area (Å²) in [4.78, 5) is 25.6. The van der Waals surface area contributed by atoms with Gasteiger partial charge in [0.2, 0.25) is 11.8 Å². The van der Waals surface area contributed by atoms with E-state index in [1.165, 1.54) is 0 Å². The van der Waals surface area contributed by atoms with Gasteiger partial charge in [-0.2, -0.15) is 5.10 Å². The fraction of sp³-hybridized carbons (Fsp3) is 0.192. The molecule has 4 rings (SSSR count). The minimum Gasteiger partial charge on any atom is -0.326 e. The Balaban J connectivity index is 1.50. The SMILES string of the molecule is Cc1ccccc1NC(=O)CCC(=O)N1N=C(c2ccc(Br)cc2)C[C@H]1c1ccc(Br)cc1. The number of aryl methyl sites for hydroxylation is 1. The Morgan fingerprint density at radius 2 is 1.58 bits per heavy atom. The Kier molecular flexibility index (Phi) is 7.40. The number of anilines is 1. The monoisotopic (exact) mass is 567 g/mol. The van der Waals surface area contributed by atoms with E-state index in [4.69, 9.17) is 0 Å². The van der Waals surface area contributed by atoms with E-state index in [2.05, 4.69) is 42.3 Å². The second-order valence-corrected chi connectivity index (χ2v) is 9.76. The number of hydrogen-bond donors (Lipinski definition) is 1. The zero-order valence-corrected chi connectivity index (χ0v) is 21.3. The topological polar surface area (TPSA) is 61.8 Å². The van der Waals surface area contributed by atoms with Gasteiger partial charge in [-0.05, 0) is 53.9 Å². The maximum atomic E-state index is 13.2. The first kappa shape index (κ1) is 23.4. The van der Waals surface area contributed by atoms with Gasteiger partial charge in [-0.3, -0.25) is 9.59 Å². The van der Waals surface area contributed by atoms with Crippen LogP contribution in [0.2, 0.25) is 0 Å². The fourth-order valence-electron chi connectivity index (χ4n) is 3.76. The Morgan fingerprint density at radius 3 is 2.24 bits per heavy atom. The highest BCUT2D eigenvalue weighted by atomic mass is 79.9. The standard InChI is InChI=1S/C26H23Br2N3O2/c1-17-4-2-3-5-22(17)29-25(32)14-15-26(33)31-24(19-8-12-21(28)13-9-19)16-23(30-31)18-6-10-20(27)11-7-18/h2-13,24H,14-16H2,1H3,(H,29,32)/t24-/m0/s1. The minimum atomic E-state index is -0.205. The number of rotatable bonds is 6. The van der Waals surface area contributed by atoms with Crippen LogP contribution in [0.25, 0.3) is 0 Å². The third kappa shape index (κ3) is 5.78. The summed E-state index contributed by atoms with van der Waals surface area (Å²) in [5, 5.41) is 9.12. The molecule has 2 amide bonds. The second-order valence-electron chi connectivity index (χ2n) is 7.93. The molecule has 1 aliphatic heterocycles. The number of carbonyl (C=O) groups excluding carboxylic acids is 2. The zero-order chi connectivity index (χ0) is 23.4. The number of hydrogen-bond acceptors (Lipinski definition) is 3. The highest BCUT2D eigenvalue weighted by molar-refractivity contribution is 9.10. The van der Waals surface area contributed by atoms with E-state index in [1.54, 1.807) is 5.01 Å². The van der Waals surface area contributed by atoms with Crippen molar-refractivity contribution in [1.29, 1.82) is 0 Å². The van der Waals surface area contributed by atoms with Crippen molar-refractivity contribution >= 4 is 55.1 Å². The summed E-state index contributed by atoms with van der Waals surface area (Å²) in [6, 6.07) is 23.2. The molecule has 33 heavy (non-hydrogen) atoms. The van der Waals surface area contributed by atoms with Gasteiger partial charge in [0.15, 0.2) is 0 Å². The molecule has 0 radical (unpaired) electrons. The van der Waals surface area contributed by atoms with Gasteiger partial charge in [0.05, 0.1) is 11.8 Å². The van der Waals surface area contributed by atoms with Crippen LogP contribution in [0.15, 0.2) is 86.8 Å². The van der Waals surface area contributed by atoms with E-state index >= 15 is 0 Å². The Labute approximate surface area is 210 Å². The molecule has 0 fully saturated rings. The summed E-state index contributed by atoms with van der Waals surface area (Å²) in [5.41, 5.74) is 4.59. The molecule has 3 aromatic carbocycles. The van der Waals surface area contributed by atoms with Crippen molar-refractivity contribution in [3.8, 4) is 0 Å². The average Bonchev–Trinajstić information content (AvgIpc) is 3.25. The maximum absolute atomic E-state index is 13.2. The van der Waals surface area contributed by atoms with Gasteiger partial charge in [-0.25, -0.2) is 5.01 Å². The molecule has 0 saturated heterocycles. The normalized spacial score (nSPS) is 15.3. The summed E-state index contributed by atoms with van der Waals surface area (Å²) in [6.07, 6.45) is 0.798. The highest BCUT2D eigenvalue weighted by Crippen LogP contribution is 2.34. The van der Waals surface area contributed by atoms with Gasteiger partial charge >= 0.3 is 0 Å². The zero-order valence-electron chi connectivity index (χ0n) is 18.1. The van der Waals surface area contributed by atoms with Crippen LogP contribution in [0.5, 0.6) is 0 Å². The average molecular weight is 569 g/mol. The van der Waals surface area contributed by atoms with Crippen LogP contribution in [0.4, 0.5) is 5.69 Å². The van der Waals surface area contributed by atoms with E-state index < -0.39 is 0 Å². The molecule has 0 spiro atoms. The van der Waals surface area contributed by atoms with Crippen LogP contribution < -0.4 is 5.32 Å². The van der Waals surface area contributed by atoms with Crippen molar-refractivity contribution < 1.29 is 9.59 Å². The minimum absolute atomic E-state index is 0.0852. The quantitative estimate of drug-likeness (QED) is 0.363. The molecule has 3 aromatic rings. The van der Waals surface area contributed by atoms with E-state index in [0.717, 1.165) is 37.0 Å². The Hall–Kier alpha value is -2.77. The van der Waals surface area contributed by atoms with Crippen molar-refractivity contribution in [2.75, 3.05) is 5.32 Å². The van der Waals surface area contributed by atoms with Crippen molar-refractivity contribution in [3.05, 3.63) is 98.4 Å². The van der Waals surface area contributed by atoms with Crippen LogP contribution in [-0.2, 0) is 9.59 Å². The molecule has 1 aliphatic rings. The van der Waals surface area contributed by atoms with Crippen LogP contribution >= 0.6 is 31.9 Å². The van der Waals surface area contributed by atoms with Crippen molar-refractivity contribution in [1.82, 2.24) is 5.01 Å². The number of hydrazone groups is 1. The molecule has 1 atom stereocenters. The molecule has 0 bridgehead atoms. The van der Waals surface area contributed by atoms with Crippen molar-refractivity contribution in [3.63, 3.8) is 0 Å². The van der Waals surface area contributed by atoms with E-state index in [1.807, 2.05) is 79.7 Å². The Bertz CT molecular complexity index is 1190. The lowest BCUT2D eigenvalue weighted by molar-refractivity contribution is -0.134. The summed E-state index contributed by atoms with van der Waals surface area (Å²) >= 11 is 6.93. The Morgan fingerprint density at radius 1 is 0.939 bits per heavy atom. The predicted molar refractivity (Wildman–Crippen MR) is 138 cm³/mol. The third-order valence-electron chi connectivity index (χ3n) is 5.58. The van der Waals surface area contributed by atoms with Gasteiger partial charge < -0.3 is 5.32 Å². The third-order valence-corrected chi connectivity index (χ3v) is 6.64. The van der Waals surface area contributed by atoms with Gasteiger partial charge in [-0.1, -0.05) is 74.3 Å². The second kappa shape index (κ2) is 10.4. The number of amides is 2. The summed E-state index contributed by atoms with van der Waals surface area (Å²) in [7, 11) is 0. The number of para-hydroxylation sites is 1. The number of benzene rings is 3. The molecule has 1 N–H and O–H groups in total. The first-order valence-corrected chi connectivity index (χ1v) is 12.3. The summed E-state index contributed by atoms with van der Waals surface area (Å²) in [5.74, 6) is -0.357. The molecule has 0 saturated carbocycles. The van der Waals surface area contributed by atoms with E-state index in [-0.39, 0.29) is 30.7 Å². The predicted octanol–water partition coefficient (Wildman–Crippen LogP) is 6.62. The molecular formula is C26H23Br2N3O2. The molecule has 1 heterocycles. The van der Waals surface area contributed by atoms with E-state index in [0.29, 0.717) is 6.42 Å². The van der Waals surface area contributed by atoms with Gasteiger partial charge in [0.1, 0.15) is 0 Å². The van der Waals surface area contributed by atoms with Crippen molar-refractivity contribution in [2.24, 2.45) is 5.10 Å². The lowest BCUT2D eigenvalue weighted by atomic mass is 9.98. The smallest absolute Gasteiger partial charge is 0.243 e. The molecule has 0 aromatic heterocycles. The largest absolute Gasteiger partial charge is 0.326 e. The fourth-order valence-corrected chi connectivity index (χ4v) is 4.29. The number of carbonyl (C=O) groups is 2. The summed E-state index contributed by atoms with van der Waals surface area (Å²) < 4.78 is 1.96. The maximum Gasteiger partial charge on any atom is 0.243 e. The summed E-state index contributed by atoms with van der Waals surface area (Å²) in [6.45, 7) is 1.94. The molecule has 0 unspecified atom stereocenters. The molecule has 0 aliphatic carbocycles. The van der Waals surface area contributed by atoms with Gasteiger partial charge in [0.25, 0.3) is 0 Å². The highest BCUT2D eigenvalue weighted by Gasteiger charge is 2.33. The lowest BCUT2D eigenvalue weighted by Gasteiger charge is -2.22. The number of nitrogens with zero attached hydrogens (tertiary/aromatic N) is 2. The van der Waals surface area contributed by atoms with Crippen LogP contribution in [0.1, 0.15) is 42.0 Å². The van der Waals surface area contributed by atoms with Gasteiger partial charge in [0, 0.05) is 33.9 Å². The van der Waals surface area contributed by atoms with Crippen LogP contribution in [-0.4, -0.2) is 22.5 Å². The first-order valence-electron chi connectivity index (χ1n) is 10.7. The number of nitrogens with one attached hydrogen (secondary N) is 1.